The number of benzene rings is 2. The van der Waals surface area contributed by atoms with Gasteiger partial charge in [0.15, 0.2) is 6.04 Å². The quantitative estimate of drug-likeness (QED) is 0.194. The number of rotatable bonds is 12. The predicted octanol–water partition coefficient (Wildman–Crippen LogP) is 3.03. The lowest BCUT2D eigenvalue weighted by Crippen LogP contribution is -2.33. The molecule has 9 heteroatoms. The Morgan fingerprint density at radius 2 is 1.38 bits per heavy atom. The van der Waals surface area contributed by atoms with Gasteiger partial charge in [-0.25, -0.2) is 10.3 Å². The molecule has 1 atom stereocenters. The highest BCUT2D eigenvalue weighted by atomic mass is 16.5. The fourth-order valence-corrected chi connectivity index (χ4v) is 3.06. The SMILES string of the molecule is O=C(CCCCCCC(=O)Nc1ccc(C(=O)NC(C(=O)O)c2ccccc2)cc1)NO. The van der Waals surface area contributed by atoms with Crippen LogP contribution in [0.3, 0.4) is 0 Å². The van der Waals surface area contributed by atoms with Gasteiger partial charge in [0.25, 0.3) is 5.91 Å². The zero-order chi connectivity index (χ0) is 23.3. The standard InChI is InChI=1S/C23H27N3O6/c27-19(10-6-1-2-7-11-20(28)26-32)24-18-14-12-17(13-15-18)22(29)25-21(23(30)31)16-8-4-3-5-9-16/h3-5,8-9,12-15,21,32H,1-2,6-7,10-11H2,(H,24,27)(H,25,29)(H,26,28)(H,30,31). The van der Waals surface area contributed by atoms with Crippen LogP contribution in [-0.2, 0) is 14.4 Å². The summed E-state index contributed by atoms with van der Waals surface area (Å²) in [6, 6.07) is 13.4. The highest BCUT2D eigenvalue weighted by Gasteiger charge is 2.22. The molecule has 5 N–H and O–H groups in total. The number of hydroxylamine groups is 1. The summed E-state index contributed by atoms with van der Waals surface area (Å²) in [6.45, 7) is 0. The van der Waals surface area contributed by atoms with Crippen molar-refractivity contribution in [2.24, 2.45) is 0 Å². The summed E-state index contributed by atoms with van der Waals surface area (Å²) in [5.74, 6) is -2.28. The number of amides is 3. The van der Waals surface area contributed by atoms with Crippen molar-refractivity contribution >= 4 is 29.4 Å². The Labute approximate surface area is 185 Å². The number of carbonyl (C=O) groups excluding carboxylic acids is 3. The van der Waals surface area contributed by atoms with E-state index >= 15 is 0 Å². The van der Waals surface area contributed by atoms with Crippen molar-refractivity contribution in [3.05, 3.63) is 65.7 Å². The summed E-state index contributed by atoms with van der Waals surface area (Å²) < 4.78 is 0. The molecule has 0 saturated heterocycles. The van der Waals surface area contributed by atoms with Gasteiger partial charge in [0.1, 0.15) is 0 Å². The Kier molecular flexibility index (Phi) is 9.86. The first kappa shape index (κ1) is 24.5. The Morgan fingerprint density at radius 1 is 0.781 bits per heavy atom. The van der Waals surface area contributed by atoms with Gasteiger partial charge in [-0.15, -0.1) is 0 Å². The fourth-order valence-electron chi connectivity index (χ4n) is 3.06. The molecular weight excluding hydrogens is 414 g/mol. The smallest absolute Gasteiger partial charge is 0.330 e. The van der Waals surface area contributed by atoms with E-state index in [1.54, 1.807) is 47.9 Å². The van der Waals surface area contributed by atoms with Gasteiger partial charge >= 0.3 is 5.97 Å². The van der Waals surface area contributed by atoms with Crippen LogP contribution in [0.4, 0.5) is 5.69 Å². The molecule has 9 nitrogen and oxygen atoms in total. The maximum absolute atomic E-state index is 12.5. The van der Waals surface area contributed by atoms with Crippen molar-refractivity contribution in [1.82, 2.24) is 10.8 Å². The van der Waals surface area contributed by atoms with Crippen LogP contribution in [0, 0.1) is 0 Å². The molecule has 2 aromatic rings. The number of aliphatic carboxylic acids is 1. The number of carboxylic acid groups (broad SMARTS) is 1. The Bertz CT molecular complexity index is 915. The van der Waals surface area contributed by atoms with E-state index in [-0.39, 0.29) is 17.9 Å². The molecule has 2 aromatic carbocycles. The van der Waals surface area contributed by atoms with Gasteiger partial charge in [-0.1, -0.05) is 43.2 Å². The van der Waals surface area contributed by atoms with Gasteiger partial charge in [0.2, 0.25) is 11.8 Å². The normalized spacial score (nSPS) is 11.3. The van der Waals surface area contributed by atoms with Crippen LogP contribution in [0.2, 0.25) is 0 Å². The summed E-state index contributed by atoms with van der Waals surface area (Å²) in [5.41, 5.74) is 2.85. The van der Waals surface area contributed by atoms with Crippen molar-refractivity contribution in [2.75, 3.05) is 5.32 Å². The second-order valence-corrected chi connectivity index (χ2v) is 7.23. The molecular formula is C23H27N3O6. The van der Waals surface area contributed by atoms with E-state index in [0.29, 0.717) is 30.5 Å². The first-order chi connectivity index (χ1) is 15.4. The topological polar surface area (TPSA) is 145 Å². The molecule has 0 radical (unpaired) electrons. The van der Waals surface area contributed by atoms with Crippen LogP contribution < -0.4 is 16.1 Å². The minimum Gasteiger partial charge on any atom is -0.479 e. The molecule has 1 unspecified atom stereocenters. The zero-order valence-electron chi connectivity index (χ0n) is 17.5. The molecule has 0 heterocycles. The van der Waals surface area contributed by atoms with Crippen molar-refractivity contribution in [3.63, 3.8) is 0 Å². The number of anilines is 1. The molecule has 2 rings (SSSR count). The number of unbranched alkanes of at least 4 members (excludes halogenated alkanes) is 3. The number of carbonyl (C=O) groups is 4. The molecule has 0 fully saturated rings. The maximum Gasteiger partial charge on any atom is 0.330 e. The minimum atomic E-state index is -1.17. The molecule has 0 aliphatic heterocycles. The van der Waals surface area contributed by atoms with Crippen LogP contribution in [0.1, 0.15) is 60.5 Å². The molecule has 0 saturated carbocycles. The lowest BCUT2D eigenvalue weighted by Gasteiger charge is -2.15. The third kappa shape index (κ3) is 8.19. The number of hydrogen-bond acceptors (Lipinski definition) is 5. The molecule has 0 bridgehead atoms. The van der Waals surface area contributed by atoms with Crippen LogP contribution in [0.25, 0.3) is 0 Å². The zero-order valence-corrected chi connectivity index (χ0v) is 17.5. The van der Waals surface area contributed by atoms with Crippen LogP contribution in [-0.4, -0.2) is 34.0 Å². The number of nitrogens with one attached hydrogen (secondary N) is 3. The second kappa shape index (κ2) is 12.9. The first-order valence-electron chi connectivity index (χ1n) is 10.3. The minimum absolute atomic E-state index is 0.162. The van der Waals surface area contributed by atoms with Crippen LogP contribution in [0.15, 0.2) is 54.6 Å². The monoisotopic (exact) mass is 441 g/mol. The van der Waals surface area contributed by atoms with Crippen molar-refractivity contribution < 1.29 is 29.5 Å². The molecule has 0 aromatic heterocycles. The van der Waals surface area contributed by atoms with E-state index < -0.39 is 23.8 Å². The summed E-state index contributed by atoms with van der Waals surface area (Å²) in [6.07, 6.45) is 3.46. The largest absolute Gasteiger partial charge is 0.479 e. The third-order valence-corrected chi connectivity index (χ3v) is 4.77. The maximum atomic E-state index is 12.5. The highest BCUT2D eigenvalue weighted by molar-refractivity contribution is 5.97. The van der Waals surface area contributed by atoms with Crippen LogP contribution in [0.5, 0.6) is 0 Å². The van der Waals surface area contributed by atoms with E-state index in [4.69, 9.17) is 5.21 Å². The lowest BCUT2D eigenvalue weighted by molar-refractivity contribution is -0.139. The van der Waals surface area contributed by atoms with Crippen molar-refractivity contribution in [2.45, 2.75) is 44.6 Å². The van der Waals surface area contributed by atoms with E-state index in [9.17, 15) is 24.3 Å². The Balaban J connectivity index is 1.79. The van der Waals surface area contributed by atoms with Gasteiger partial charge in [-0.05, 0) is 42.7 Å². The second-order valence-electron chi connectivity index (χ2n) is 7.23. The van der Waals surface area contributed by atoms with E-state index in [2.05, 4.69) is 10.6 Å². The predicted molar refractivity (Wildman–Crippen MR) is 117 cm³/mol. The Morgan fingerprint density at radius 3 is 1.94 bits per heavy atom. The van der Waals surface area contributed by atoms with Crippen LogP contribution >= 0.6 is 0 Å². The summed E-state index contributed by atoms with van der Waals surface area (Å²) in [5, 5.41) is 23.1. The average molecular weight is 441 g/mol. The number of hydrogen-bond donors (Lipinski definition) is 5. The fraction of sp³-hybridized carbons (Fsp3) is 0.304. The van der Waals surface area contributed by atoms with Gasteiger partial charge < -0.3 is 15.7 Å². The van der Waals surface area contributed by atoms with Gasteiger partial charge in [-0.2, -0.15) is 0 Å². The van der Waals surface area contributed by atoms with Crippen molar-refractivity contribution in [3.8, 4) is 0 Å². The molecule has 3 amide bonds. The summed E-state index contributed by atoms with van der Waals surface area (Å²) >= 11 is 0. The molecule has 0 spiro atoms. The van der Waals surface area contributed by atoms with Crippen molar-refractivity contribution in [1.29, 1.82) is 0 Å². The molecule has 0 aliphatic rings. The van der Waals surface area contributed by atoms with Gasteiger partial charge in [-0.3, -0.25) is 19.6 Å². The summed E-state index contributed by atoms with van der Waals surface area (Å²) in [4.78, 5) is 46.9. The Hall–Kier alpha value is -3.72. The first-order valence-corrected chi connectivity index (χ1v) is 10.3. The van der Waals surface area contributed by atoms with E-state index in [1.165, 1.54) is 12.1 Å². The molecule has 0 aliphatic carbocycles. The third-order valence-electron chi connectivity index (χ3n) is 4.77. The lowest BCUT2D eigenvalue weighted by atomic mass is 10.1. The van der Waals surface area contributed by atoms with Gasteiger partial charge in [0, 0.05) is 24.1 Å². The molecule has 32 heavy (non-hydrogen) atoms. The average Bonchev–Trinajstić information content (AvgIpc) is 2.80. The van der Waals surface area contributed by atoms with Gasteiger partial charge in [0.05, 0.1) is 0 Å². The highest BCUT2D eigenvalue weighted by Crippen LogP contribution is 2.16. The summed E-state index contributed by atoms with van der Waals surface area (Å²) in [7, 11) is 0. The number of carboxylic acids is 1. The molecule has 170 valence electrons. The van der Waals surface area contributed by atoms with E-state index in [0.717, 1.165) is 12.8 Å². The van der Waals surface area contributed by atoms with E-state index in [1.807, 2.05) is 0 Å².